The molecule has 1 aromatic carbocycles. The van der Waals surface area contributed by atoms with E-state index in [-0.39, 0.29) is 24.8 Å². The third kappa shape index (κ3) is 5.60. The number of rotatable bonds is 4. The van der Waals surface area contributed by atoms with Gasteiger partial charge in [0.05, 0.1) is 0 Å². The largest absolute Gasteiger partial charge is 0.314 e. The first-order valence-corrected chi connectivity index (χ1v) is 7.20. The fraction of sp³-hybridized carbons (Fsp3) is 0.429. The molecule has 1 aliphatic rings. The average Bonchev–Trinajstić information content (AvgIpc) is 2.37. The zero-order chi connectivity index (χ0) is 12.1. The van der Waals surface area contributed by atoms with Gasteiger partial charge >= 0.3 is 0 Å². The van der Waals surface area contributed by atoms with Gasteiger partial charge in [0.15, 0.2) is 0 Å². The predicted octanol–water partition coefficient (Wildman–Crippen LogP) is 3.66. The lowest BCUT2D eigenvalue weighted by atomic mass is 10.0. The molecule has 1 saturated heterocycles. The van der Waals surface area contributed by atoms with Gasteiger partial charge in [-0.2, -0.15) is 0 Å². The topological polar surface area (TPSA) is 15.3 Å². The fourth-order valence-corrected chi connectivity index (χ4v) is 2.93. The predicted molar refractivity (Wildman–Crippen MR) is 95.7 cm³/mol. The number of nitrogens with one attached hydrogen (secondary N) is 1. The van der Waals surface area contributed by atoms with E-state index >= 15 is 0 Å². The summed E-state index contributed by atoms with van der Waals surface area (Å²) >= 11 is 2.38. The van der Waals surface area contributed by atoms with Crippen molar-refractivity contribution in [2.24, 2.45) is 0 Å². The minimum Gasteiger partial charge on any atom is -0.314 e. The quantitative estimate of drug-likeness (QED) is 0.597. The SMILES string of the molecule is C=CC[C@H](c1cccc(I)c1)N1CCNCC1.Cl.Cl. The molecule has 1 fully saturated rings. The molecule has 2 rings (SSSR count). The Labute approximate surface area is 142 Å². The van der Waals surface area contributed by atoms with Gasteiger partial charge in [-0.15, -0.1) is 31.4 Å². The summed E-state index contributed by atoms with van der Waals surface area (Å²) in [6.07, 6.45) is 3.06. The molecule has 0 radical (unpaired) electrons. The molecule has 108 valence electrons. The molecule has 1 N–H and O–H groups in total. The van der Waals surface area contributed by atoms with Gasteiger partial charge in [0.2, 0.25) is 0 Å². The third-order valence-corrected chi connectivity index (χ3v) is 3.89. The van der Waals surface area contributed by atoms with Crippen LogP contribution in [0.15, 0.2) is 36.9 Å². The molecule has 0 amide bonds. The van der Waals surface area contributed by atoms with Crippen molar-refractivity contribution in [3.05, 3.63) is 46.1 Å². The van der Waals surface area contributed by atoms with Crippen LogP contribution >= 0.6 is 47.4 Å². The van der Waals surface area contributed by atoms with Gasteiger partial charge in [0.25, 0.3) is 0 Å². The summed E-state index contributed by atoms with van der Waals surface area (Å²) in [6.45, 7) is 8.35. The lowest BCUT2D eigenvalue weighted by Crippen LogP contribution is -2.45. The summed E-state index contributed by atoms with van der Waals surface area (Å²) in [6, 6.07) is 9.31. The van der Waals surface area contributed by atoms with Gasteiger partial charge in [0, 0.05) is 35.8 Å². The standard InChI is InChI=1S/C14H19IN2.2ClH/c1-2-4-14(17-9-7-16-8-10-17)12-5-3-6-13(15)11-12;;/h2-3,5-6,11,14,16H,1,4,7-10H2;2*1H/t14-;;/m1../s1. The summed E-state index contributed by atoms with van der Waals surface area (Å²) in [5.74, 6) is 0. The molecule has 0 aromatic heterocycles. The lowest BCUT2D eigenvalue weighted by molar-refractivity contribution is 0.174. The Hall–Kier alpha value is 0.190. The molecule has 1 atom stereocenters. The van der Waals surface area contributed by atoms with Crippen LogP contribution < -0.4 is 5.32 Å². The molecule has 19 heavy (non-hydrogen) atoms. The highest BCUT2D eigenvalue weighted by Gasteiger charge is 2.20. The minimum atomic E-state index is 0. The number of hydrogen-bond acceptors (Lipinski definition) is 2. The van der Waals surface area contributed by atoms with Crippen LogP contribution in [0.25, 0.3) is 0 Å². The van der Waals surface area contributed by atoms with E-state index in [2.05, 4.69) is 63.7 Å². The maximum Gasteiger partial charge on any atom is 0.0383 e. The lowest BCUT2D eigenvalue weighted by Gasteiger charge is -2.34. The van der Waals surface area contributed by atoms with Gasteiger partial charge in [-0.1, -0.05) is 18.2 Å². The van der Waals surface area contributed by atoms with E-state index in [1.807, 2.05) is 6.08 Å². The molecular formula is C14H21Cl2IN2. The summed E-state index contributed by atoms with van der Waals surface area (Å²) < 4.78 is 1.31. The van der Waals surface area contributed by atoms with E-state index < -0.39 is 0 Å². The summed E-state index contributed by atoms with van der Waals surface area (Å²) in [5.41, 5.74) is 1.42. The molecule has 0 aliphatic carbocycles. The molecule has 0 unspecified atom stereocenters. The van der Waals surface area contributed by atoms with Crippen molar-refractivity contribution in [1.29, 1.82) is 0 Å². The first-order valence-electron chi connectivity index (χ1n) is 6.12. The van der Waals surface area contributed by atoms with Crippen LogP contribution in [-0.4, -0.2) is 31.1 Å². The van der Waals surface area contributed by atoms with Crippen molar-refractivity contribution in [3.8, 4) is 0 Å². The molecule has 1 heterocycles. The van der Waals surface area contributed by atoms with Crippen LogP contribution in [0.3, 0.4) is 0 Å². The smallest absolute Gasteiger partial charge is 0.0383 e. The van der Waals surface area contributed by atoms with E-state index in [9.17, 15) is 0 Å². The Bertz CT molecular complexity index is 381. The highest BCUT2D eigenvalue weighted by molar-refractivity contribution is 14.1. The van der Waals surface area contributed by atoms with Gasteiger partial charge in [-0.05, 0) is 46.7 Å². The Morgan fingerprint density at radius 1 is 1.32 bits per heavy atom. The zero-order valence-corrected chi connectivity index (χ0v) is 14.6. The van der Waals surface area contributed by atoms with Gasteiger partial charge in [-0.3, -0.25) is 4.90 Å². The van der Waals surface area contributed by atoms with Crippen LogP contribution in [0.5, 0.6) is 0 Å². The normalized spacial score (nSPS) is 16.9. The highest BCUT2D eigenvalue weighted by Crippen LogP contribution is 2.26. The van der Waals surface area contributed by atoms with E-state index in [4.69, 9.17) is 0 Å². The number of benzene rings is 1. The summed E-state index contributed by atoms with van der Waals surface area (Å²) in [7, 11) is 0. The number of nitrogens with zero attached hydrogens (tertiary/aromatic N) is 1. The van der Waals surface area contributed by atoms with Crippen LogP contribution in [0, 0.1) is 3.57 Å². The van der Waals surface area contributed by atoms with Crippen molar-refractivity contribution in [3.63, 3.8) is 0 Å². The van der Waals surface area contributed by atoms with Gasteiger partial charge < -0.3 is 5.32 Å². The zero-order valence-electron chi connectivity index (χ0n) is 10.8. The maximum absolute atomic E-state index is 3.90. The molecule has 1 aromatic rings. The van der Waals surface area contributed by atoms with Gasteiger partial charge in [0.1, 0.15) is 0 Å². The van der Waals surface area contributed by atoms with Crippen molar-refractivity contribution < 1.29 is 0 Å². The number of halogens is 3. The van der Waals surface area contributed by atoms with E-state index in [1.165, 1.54) is 9.13 Å². The maximum atomic E-state index is 3.90. The van der Waals surface area contributed by atoms with E-state index in [1.54, 1.807) is 0 Å². The molecule has 2 nitrogen and oxygen atoms in total. The molecular weight excluding hydrogens is 394 g/mol. The Kier molecular flexibility index (Phi) is 10.1. The minimum absolute atomic E-state index is 0. The molecule has 0 bridgehead atoms. The molecule has 1 aliphatic heterocycles. The summed E-state index contributed by atoms with van der Waals surface area (Å²) in [4.78, 5) is 2.56. The monoisotopic (exact) mass is 414 g/mol. The second-order valence-corrected chi connectivity index (χ2v) is 5.63. The van der Waals surface area contributed by atoms with Crippen molar-refractivity contribution in [2.75, 3.05) is 26.2 Å². The number of piperazine rings is 1. The van der Waals surface area contributed by atoms with Crippen LogP contribution in [0.4, 0.5) is 0 Å². The Morgan fingerprint density at radius 3 is 2.58 bits per heavy atom. The van der Waals surface area contributed by atoms with E-state index in [0.29, 0.717) is 6.04 Å². The molecule has 5 heteroatoms. The first kappa shape index (κ1) is 19.2. The second kappa shape index (κ2) is 10.00. The van der Waals surface area contributed by atoms with Crippen molar-refractivity contribution >= 4 is 47.4 Å². The Balaban J connectivity index is 0.00000162. The van der Waals surface area contributed by atoms with Crippen molar-refractivity contribution in [1.82, 2.24) is 10.2 Å². The van der Waals surface area contributed by atoms with Gasteiger partial charge in [-0.25, -0.2) is 0 Å². The third-order valence-electron chi connectivity index (χ3n) is 3.22. The van der Waals surface area contributed by atoms with Crippen LogP contribution in [0.1, 0.15) is 18.0 Å². The van der Waals surface area contributed by atoms with E-state index in [0.717, 1.165) is 32.6 Å². The van der Waals surface area contributed by atoms with Crippen LogP contribution in [0.2, 0.25) is 0 Å². The van der Waals surface area contributed by atoms with Crippen LogP contribution in [-0.2, 0) is 0 Å². The number of hydrogen-bond donors (Lipinski definition) is 1. The second-order valence-electron chi connectivity index (χ2n) is 4.38. The highest BCUT2D eigenvalue weighted by atomic mass is 127. The average molecular weight is 415 g/mol. The molecule has 0 spiro atoms. The first-order chi connectivity index (χ1) is 8.31. The Morgan fingerprint density at radius 2 is 2.00 bits per heavy atom. The molecule has 0 saturated carbocycles. The fourth-order valence-electron chi connectivity index (χ4n) is 2.36. The summed E-state index contributed by atoms with van der Waals surface area (Å²) in [5, 5.41) is 3.41. The van der Waals surface area contributed by atoms with Crippen molar-refractivity contribution in [2.45, 2.75) is 12.5 Å².